The van der Waals surface area contributed by atoms with Crippen LogP contribution in [0.25, 0.3) is 0 Å². The van der Waals surface area contributed by atoms with Gasteiger partial charge in [-0.3, -0.25) is 4.90 Å². The fraction of sp³-hybridized carbons (Fsp3) is 1.00. The van der Waals surface area contributed by atoms with Gasteiger partial charge in [-0.05, 0) is 31.6 Å². The molecule has 1 saturated carbocycles. The lowest BCUT2D eigenvalue weighted by Gasteiger charge is -2.45. The Hall–Kier alpha value is -0.220. The SMILES string of the molecule is CCCCC1CC(NCC(F)F)CN(C2CCC2)C1. The van der Waals surface area contributed by atoms with Gasteiger partial charge in [0.05, 0.1) is 6.54 Å². The molecular weight excluding hydrogens is 246 g/mol. The number of piperidine rings is 1. The maximum atomic E-state index is 12.3. The van der Waals surface area contributed by atoms with E-state index in [2.05, 4.69) is 17.1 Å². The monoisotopic (exact) mass is 274 g/mol. The Morgan fingerprint density at radius 3 is 2.63 bits per heavy atom. The summed E-state index contributed by atoms with van der Waals surface area (Å²) in [6, 6.07) is 1.01. The summed E-state index contributed by atoms with van der Waals surface area (Å²) in [6.45, 7) is 4.24. The van der Waals surface area contributed by atoms with Crippen LogP contribution in [0.4, 0.5) is 8.78 Å². The zero-order valence-corrected chi connectivity index (χ0v) is 12.1. The molecule has 0 aromatic heterocycles. The lowest BCUT2D eigenvalue weighted by atomic mass is 9.84. The first-order valence-corrected chi connectivity index (χ1v) is 7.94. The van der Waals surface area contributed by atoms with Crippen molar-refractivity contribution in [1.82, 2.24) is 10.2 Å². The molecule has 0 bridgehead atoms. The van der Waals surface area contributed by atoms with Crippen molar-refractivity contribution in [3.63, 3.8) is 0 Å². The minimum atomic E-state index is -2.23. The molecule has 19 heavy (non-hydrogen) atoms. The predicted octanol–water partition coefficient (Wildman–Crippen LogP) is 3.27. The first-order chi connectivity index (χ1) is 9.19. The second-order valence-electron chi connectivity index (χ2n) is 6.28. The first kappa shape index (κ1) is 15.2. The molecule has 1 aliphatic heterocycles. The number of rotatable bonds is 7. The van der Waals surface area contributed by atoms with Crippen molar-refractivity contribution in [3.8, 4) is 0 Å². The molecule has 2 unspecified atom stereocenters. The van der Waals surface area contributed by atoms with Crippen LogP contribution in [0.5, 0.6) is 0 Å². The van der Waals surface area contributed by atoms with Gasteiger partial charge in [0, 0.05) is 25.2 Å². The van der Waals surface area contributed by atoms with E-state index in [1.807, 2.05) is 0 Å². The minimum absolute atomic E-state index is 0.149. The number of nitrogens with zero attached hydrogens (tertiary/aromatic N) is 1. The first-order valence-electron chi connectivity index (χ1n) is 7.94. The molecule has 0 spiro atoms. The fourth-order valence-corrected chi connectivity index (χ4v) is 3.40. The molecule has 2 rings (SSSR count). The summed E-state index contributed by atoms with van der Waals surface area (Å²) in [6.07, 6.45) is 6.57. The third kappa shape index (κ3) is 4.67. The van der Waals surface area contributed by atoms with Crippen LogP contribution in [-0.4, -0.2) is 43.0 Å². The quantitative estimate of drug-likeness (QED) is 0.766. The van der Waals surface area contributed by atoms with Gasteiger partial charge in [0.15, 0.2) is 0 Å². The van der Waals surface area contributed by atoms with E-state index in [1.165, 1.54) is 45.1 Å². The highest BCUT2D eigenvalue weighted by molar-refractivity contribution is 4.90. The third-order valence-electron chi connectivity index (χ3n) is 4.68. The molecule has 0 amide bonds. The van der Waals surface area contributed by atoms with E-state index in [-0.39, 0.29) is 12.6 Å². The van der Waals surface area contributed by atoms with Crippen LogP contribution in [0.2, 0.25) is 0 Å². The molecule has 1 saturated heterocycles. The minimum Gasteiger partial charge on any atom is -0.307 e. The van der Waals surface area contributed by atoms with Gasteiger partial charge in [-0.15, -0.1) is 0 Å². The second kappa shape index (κ2) is 7.53. The second-order valence-corrected chi connectivity index (χ2v) is 6.28. The van der Waals surface area contributed by atoms with Crippen molar-refractivity contribution in [2.45, 2.75) is 70.4 Å². The van der Waals surface area contributed by atoms with Gasteiger partial charge in [0.2, 0.25) is 0 Å². The number of hydrogen-bond donors (Lipinski definition) is 1. The largest absolute Gasteiger partial charge is 0.307 e. The van der Waals surface area contributed by atoms with E-state index < -0.39 is 6.43 Å². The number of halogens is 2. The smallest absolute Gasteiger partial charge is 0.250 e. The summed E-state index contributed by atoms with van der Waals surface area (Å²) in [5.74, 6) is 0.699. The molecule has 2 nitrogen and oxygen atoms in total. The zero-order chi connectivity index (χ0) is 13.7. The summed E-state index contributed by atoms with van der Waals surface area (Å²) in [5.41, 5.74) is 0. The maximum Gasteiger partial charge on any atom is 0.250 e. The van der Waals surface area contributed by atoms with Crippen LogP contribution in [0.1, 0.15) is 51.9 Å². The van der Waals surface area contributed by atoms with Crippen LogP contribution >= 0.6 is 0 Å². The van der Waals surface area contributed by atoms with E-state index in [0.29, 0.717) is 5.92 Å². The van der Waals surface area contributed by atoms with E-state index in [1.54, 1.807) is 0 Å². The molecule has 1 N–H and O–H groups in total. The average molecular weight is 274 g/mol. The van der Waals surface area contributed by atoms with Crippen LogP contribution in [0, 0.1) is 5.92 Å². The number of likely N-dealkylation sites (tertiary alicyclic amines) is 1. The predicted molar refractivity (Wildman–Crippen MR) is 74.6 cm³/mol. The topological polar surface area (TPSA) is 15.3 Å². The van der Waals surface area contributed by atoms with E-state index in [9.17, 15) is 8.78 Å². The van der Waals surface area contributed by atoms with E-state index in [0.717, 1.165) is 19.0 Å². The highest BCUT2D eigenvalue weighted by Crippen LogP contribution is 2.30. The van der Waals surface area contributed by atoms with Crippen LogP contribution in [0.15, 0.2) is 0 Å². The molecule has 0 aromatic carbocycles. The average Bonchev–Trinajstić information content (AvgIpc) is 2.31. The van der Waals surface area contributed by atoms with Crippen LogP contribution in [-0.2, 0) is 0 Å². The Bertz CT molecular complexity index is 257. The van der Waals surface area contributed by atoms with Gasteiger partial charge in [0.1, 0.15) is 0 Å². The Labute approximate surface area is 115 Å². The molecule has 0 radical (unpaired) electrons. The number of alkyl halides is 2. The Balaban J connectivity index is 1.83. The van der Waals surface area contributed by atoms with Crippen molar-refractivity contribution in [1.29, 1.82) is 0 Å². The van der Waals surface area contributed by atoms with Gasteiger partial charge in [0.25, 0.3) is 6.43 Å². The van der Waals surface area contributed by atoms with Gasteiger partial charge in [-0.1, -0.05) is 26.2 Å². The van der Waals surface area contributed by atoms with Gasteiger partial charge < -0.3 is 5.32 Å². The van der Waals surface area contributed by atoms with Crippen molar-refractivity contribution >= 4 is 0 Å². The molecule has 2 aliphatic rings. The van der Waals surface area contributed by atoms with Crippen LogP contribution in [0.3, 0.4) is 0 Å². The van der Waals surface area contributed by atoms with Gasteiger partial charge >= 0.3 is 0 Å². The van der Waals surface area contributed by atoms with Gasteiger partial charge in [-0.25, -0.2) is 8.78 Å². The van der Waals surface area contributed by atoms with Gasteiger partial charge in [-0.2, -0.15) is 0 Å². The van der Waals surface area contributed by atoms with E-state index >= 15 is 0 Å². The molecule has 0 aromatic rings. The standard InChI is InChI=1S/C15H28F2N2/c1-2-3-5-12-8-13(18-9-15(16)17)11-19(10-12)14-6-4-7-14/h12-15,18H,2-11H2,1H3. The number of unbranched alkanes of at least 4 members (excludes halogenated alkanes) is 1. The Kier molecular flexibility index (Phi) is 6.02. The summed E-state index contributed by atoms with van der Waals surface area (Å²) >= 11 is 0. The maximum absolute atomic E-state index is 12.3. The van der Waals surface area contributed by atoms with Crippen molar-refractivity contribution in [2.75, 3.05) is 19.6 Å². The molecular formula is C15H28F2N2. The molecule has 2 fully saturated rings. The molecule has 1 heterocycles. The molecule has 112 valence electrons. The Morgan fingerprint density at radius 1 is 1.26 bits per heavy atom. The van der Waals surface area contributed by atoms with Crippen LogP contribution < -0.4 is 5.32 Å². The van der Waals surface area contributed by atoms with Crippen molar-refractivity contribution in [3.05, 3.63) is 0 Å². The van der Waals surface area contributed by atoms with Crippen molar-refractivity contribution < 1.29 is 8.78 Å². The Morgan fingerprint density at radius 2 is 2.05 bits per heavy atom. The lowest BCUT2D eigenvalue weighted by molar-refractivity contribution is 0.0494. The highest BCUT2D eigenvalue weighted by atomic mass is 19.3. The zero-order valence-electron chi connectivity index (χ0n) is 12.1. The molecule has 4 heteroatoms. The fourth-order valence-electron chi connectivity index (χ4n) is 3.40. The normalized spacial score (nSPS) is 29.7. The lowest BCUT2D eigenvalue weighted by Crippen LogP contribution is -2.54. The molecule has 2 atom stereocenters. The summed E-state index contributed by atoms with van der Waals surface area (Å²) in [4.78, 5) is 2.57. The summed E-state index contributed by atoms with van der Waals surface area (Å²) in [7, 11) is 0. The van der Waals surface area contributed by atoms with Crippen molar-refractivity contribution in [2.24, 2.45) is 5.92 Å². The summed E-state index contributed by atoms with van der Waals surface area (Å²) < 4.78 is 24.7. The highest BCUT2D eigenvalue weighted by Gasteiger charge is 2.33. The van der Waals surface area contributed by atoms with E-state index in [4.69, 9.17) is 0 Å². The molecule has 1 aliphatic carbocycles. The number of hydrogen-bond acceptors (Lipinski definition) is 2. The number of nitrogens with one attached hydrogen (secondary N) is 1. The summed E-state index contributed by atoms with van der Waals surface area (Å²) in [5, 5.41) is 3.07. The third-order valence-corrected chi connectivity index (χ3v) is 4.68.